The van der Waals surface area contributed by atoms with Gasteiger partial charge in [-0.15, -0.1) is 0 Å². The fraction of sp³-hybridized carbons (Fsp3) is 0.400. The Morgan fingerprint density at radius 3 is 2.79 bits per heavy atom. The van der Waals surface area contributed by atoms with Crippen LogP contribution in [0.2, 0.25) is 0 Å². The highest BCUT2D eigenvalue weighted by Crippen LogP contribution is 2.51. The fourth-order valence-corrected chi connectivity index (χ4v) is 2.10. The SMILES string of the molecule is NOCC1(c2cc(Br)ccc2O)CC1. The molecule has 2 rings (SSSR count). The van der Waals surface area contributed by atoms with Crippen LogP contribution in [0.4, 0.5) is 0 Å². The number of nitrogens with two attached hydrogens (primary N) is 1. The van der Waals surface area contributed by atoms with Crippen LogP contribution in [-0.2, 0) is 10.3 Å². The van der Waals surface area contributed by atoms with Crippen molar-refractivity contribution in [2.75, 3.05) is 6.61 Å². The van der Waals surface area contributed by atoms with E-state index in [4.69, 9.17) is 10.7 Å². The van der Waals surface area contributed by atoms with Gasteiger partial charge in [0, 0.05) is 15.5 Å². The van der Waals surface area contributed by atoms with Crippen LogP contribution in [0.1, 0.15) is 18.4 Å². The van der Waals surface area contributed by atoms with Crippen LogP contribution < -0.4 is 5.90 Å². The van der Waals surface area contributed by atoms with E-state index in [9.17, 15) is 5.11 Å². The Labute approximate surface area is 91.0 Å². The number of rotatable bonds is 3. The number of hydrogen-bond donors (Lipinski definition) is 2. The topological polar surface area (TPSA) is 55.5 Å². The quantitative estimate of drug-likeness (QED) is 0.816. The molecule has 0 amide bonds. The van der Waals surface area contributed by atoms with Gasteiger partial charge in [-0.05, 0) is 31.0 Å². The van der Waals surface area contributed by atoms with E-state index in [1.54, 1.807) is 6.07 Å². The maximum Gasteiger partial charge on any atom is 0.119 e. The Balaban J connectivity index is 2.35. The summed E-state index contributed by atoms with van der Waals surface area (Å²) in [4.78, 5) is 4.69. The predicted molar refractivity (Wildman–Crippen MR) is 56.9 cm³/mol. The van der Waals surface area contributed by atoms with E-state index in [2.05, 4.69) is 15.9 Å². The minimum Gasteiger partial charge on any atom is -0.508 e. The highest BCUT2D eigenvalue weighted by molar-refractivity contribution is 9.10. The van der Waals surface area contributed by atoms with E-state index in [0.717, 1.165) is 22.9 Å². The molecule has 0 aromatic heterocycles. The molecule has 0 aliphatic heterocycles. The van der Waals surface area contributed by atoms with Crippen molar-refractivity contribution in [1.82, 2.24) is 0 Å². The summed E-state index contributed by atoms with van der Waals surface area (Å²) in [5.74, 6) is 5.41. The Bertz CT molecular complexity index is 350. The zero-order valence-corrected chi connectivity index (χ0v) is 9.25. The molecule has 1 saturated carbocycles. The first-order valence-corrected chi connectivity index (χ1v) is 5.28. The molecule has 76 valence electrons. The van der Waals surface area contributed by atoms with Crippen molar-refractivity contribution in [2.24, 2.45) is 5.90 Å². The highest BCUT2D eigenvalue weighted by Gasteiger charge is 2.46. The zero-order chi connectivity index (χ0) is 10.2. The normalized spacial score (nSPS) is 18.1. The van der Waals surface area contributed by atoms with Gasteiger partial charge >= 0.3 is 0 Å². The van der Waals surface area contributed by atoms with E-state index in [-0.39, 0.29) is 5.41 Å². The third kappa shape index (κ3) is 1.65. The molecule has 1 aliphatic carbocycles. The second-order valence-electron chi connectivity index (χ2n) is 3.75. The molecule has 0 saturated heterocycles. The Morgan fingerprint density at radius 1 is 1.50 bits per heavy atom. The number of halogens is 1. The van der Waals surface area contributed by atoms with Crippen molar-refractivity contribution in [3.8, 4) is 5.75 Å². The molecule has 0 heterocycles. The van der Waals surface area contributed by atoms with E-state index < -0.39 is 0 Å². The van der Waals surface area contributed by atoms with E-state index in [1.165, 1.54) is 0 Å². The van der Waals surface area contributed by atoms with Gasteiger partial charge in [0.15, 0.2) is 0 Å². The molecule has 3 N–H and O–H groups in total. The monoisotopic (exact) mass is 257 g/mol. The van der Waals surface area contributed by atoms with Crippen molar-refractivity contribution in [1.29, 1.82) is 0 Å². The molecular weight excluding hydrogens is 246 g/mol. The molecule has 1 fully saturated rings. The summed E-state index contributed by atoms with van der Waals surface area (Å²) in [6, 6.07) is 5.44. The third-order valence-corrected chi connectivity index (χ3v) is 3.24. The fourth-order valence-electron chi connectivity index (χ4n) is 1.73. The number of hydrogen-bond acceptors (Lipinski definition) is 3. The van der Waals surface area contributed by atoms with Gasteiger partial charge in [0.25, 0.3) is 0 Å². The molecule has 1 aliphatic rings. The Hall–Kier alpha value is -0.580. The van der Waals surface area contributed by atoms with Crippen molar-refractivity contribution in [3.63, 3.8) is 0 Å². The molecule has 0 radical (unpaired) electrons. The Morgan fingerprint density at radius 2 is 2.21 bits per heavy atom. The summed E-state index contributed by atoms with van der Waals surface area (Å²) in [5, 5.41) is 9.72. The lowest BCUT2D eigenvalue weighted by atomic mass is 9.96. The van der Waals surface area contributed by atoms with Crippen LogP contribution in [0.25, 0.3) is 0 Å². The average Bonchev–Trinajstić information content (AvgIpc) is 2.91. The van der Waals surface area contributed by atoms with Gasteiger partial charge in [-0.1, -0.05) is 15.9 Å². The first kappa shape index (κ1) is 9.96. The van der Waals surface area contributed by atoms with Gasteiger partial charge in [-0.25, -0.2) is 5.90 Å². The molecule has 3 nitrogen and oxygen atoms in total. The summed E-state index contributed by atoms with van der Waals surface area (Å²) in [6.45, 7) is 0.469. The minimum absolute atomic E-state index is 0.0530. The first-order valence-electron chi connectivity index (χ1n) is 4.49. The Kier molecular flexibility index (Phi) is 2.51. The standard InChI is InChI=1S/C10H12BrNO2/c11-7-1-2-9(13)8(5-7)10(3-4-10)6-14-12/h1-2,5,13H,3-4,6,12H2. The largest absolute Gasteiger partial charge is 0.508 e. The van der Waals surface area contributed by atoms with Crippen molar-refractivity contribution in [3.05, 3.63) is 28.2 Å². The highest BCUT2D eigenvalue weighted by atomic mass is 79.9. The summed E-state index contributed by atoms with van der Waals surface area (Å²) < 4.78 is 0.966. The lowest BCUT2D eigenvalue weighted by Gasteiger charge is -2.15. The van der Waals surface area contributed by atoms with Gasteiger partial charge in [-0.2, -0.15) is 0 Å². The van der Waals surface area contributed by atoms with Gasteiger partial charge in [0.05, 0.1) is 6.61 Å². The van der Waals surface area contributed by atoms with Crippen molar-refractivity contribution in [2.45, 2.75) is 18.3 Å². The summed E-state index contributed by atoms with van der Waals surface area (Å²) in [5.41, 5.74) is 0.875. The number of aromatic hydroxyl groups is 1. The van der Waals surface area contributed by atoms with Crippen molar-refractivity contribution < 1.29 is 9.94 Å². The van der Waals surface area contributed by atoms with Crippen LogP contribution >= 0.6 is 15.9 Å². The van der Waals surface area contributed by atoms with Gasteiger partial charge in [0.2, 0.25) is 0 Å². The maximum atomic E-state index is 9.72. The molecule has 4 heteroatoms. The summed E-state index contributed by atoms with van der Waals surface area (Å²) in [6.07, 6.45) is 2.04. The predicted octanol–water partition coefficient (Wildman–Crippen LogP) is 2.08. The molecule has 0 unspecified atom stereocenters. The second kappa shape index (κ2) is 3.53. The van der Waals surface area contributed by atoms with Crippen LogP contribution in [0, 0.1) is 0 Å². The molecule has 0 spiro atoms. The van der Waals surface area contributed by atoms with Gasteiger partial charge in [-0.3, -0.25) is 0 Å². The number of phenolic OH excluding ortho intramolecular Hbond substituents is 1. The lowest BCUT2D eigenvalue weighted by molar-refractivity contribution is 0.115. The van der Waals surface area contributed by atoms with Gasteiger partial charge in [0.1, 0.15) is 5.75 Å². The summed E-state index contributed by atoms with van der Waals surface area (Å²) >= 11 is 3.38. The smallest absolute Gasteiger partial charge is 0.119 e. The molecule has 0 bridgehead atoms. The molecule has 0 atom stereocenters. The molecular formula is C10H12BrNO2. The van der Waals surface area contributed by atoms with Crippen LogP contribution in [0.5, 0.6) is 5.75 Å². The van der Waals surface area contributed by atoms with E-state index in [1.807, 2.05) is 12.1 Å². The van der Waals surface area contributed by atoms with Crippen LogP contribution in [-0.4, -0.2) is 11.7 Å². The first-order chi connectivity index (χ1) is 6.68. The maximum absolute atomic E-state index is 9.72. The zero-order valence-electron chi connectivity index (χ0n) is 7.66. The molecule has 1 aromatic rings. The summed E-state index contributed by atoms with van der Waals surface area (Å²) in [7, 11) is 0. The molecule has 1 aromatic carbocycles. The van der Waals surface area contributed by atoms with Crippen LogP contribution in [0.3, 0.4) is 0 Å². The second-order valence-corrected chi connectivity index (χ2v) is 4.67. The van der Waals surface area contributed by atoms with E-state index in [0.29, 0.717) is 12.4 Å². The third-order valence-electron chi connectivity index (χ3n) is 2.74. The minimum atomic E-state index is -0.0530. The van der Waals surface area contributed by atoms with E-state index >= 15 is 0 Å². The average molecular weight is 258 g/mol. The molecule has 14 heavy (non-hydrogen) atoms. The van der Waals surface area contributed by atoms with Crippen LogP contribution in [0.15, 0.2) is 22.7 Å². The van der Waals surface area contributed by atoms with Crippen molar-refractivity contribution >= 4 is 15.9 Å². The number of phenols is 1. The number of benzene rings is 1. The lowest BCUT2D eigenvalue weighted by Crippen LogP contribution is -2.18. The van der Waals surface area contributed by atoms with Gasteiger partial charge < -0.3 is 9.94 Å².